The summed E-state index contributed by atoms with van der Waals surface area (Å²) in [6, 6.07) is 0.611. The van der Waals surface area contributed by atoms with Crippen LogP contribution in [0.3, 0.4) is 0 Å². The van der Waals surface area contributed by atoms with E-state index in [4.69, 9.17) is 5.11 Å². The second-order valence-corrected chi connectivity index (χ2v) is 2.45. The molecule has 0 aromatic rings. The third-order valence-corrected chi connectivity index (χ3v) is 1.87. The minimum Gasteiger partial charge on any atom is -0.381 e. The van der Waals surface area contributed by atoms with Crippen LogP contribution < -0.4 is 0 Å². The van der Waals surface area contributed by atoms with Crippen molar-refractivity contribution in [1.82, 2.24) is 4.90 Å². The van der Waals surface area contributed by atoms with Crippen LogP contribution in [-0.4, -0.2) is 29.3 Å². The Morgan fingerprint density at radius 3 is 2.75 bits per heavy atom. The van der Waals surface area contributed by atoms with Gasteiger partial charge in [0.15, 0.2) is 0 Å². The van der Waals surface area contributed by atoms with Crippen LogP contribution in [0.25, 0.3) is 0 Å². The van der Waals surface area contributed by atoms with Gasteiger partial charge in [-0.2, -0.15) is 0 Å². The van der Waals surface area contributed by atoms with Crippen LogP contribution in [0.2, 0.25) is 0 Å². The first-order chi connectivity index (χ1) is 3.84. The molecule has 1 saturated heterocycles. The van der Waals surface area contributed by atoms with Gasteiger partial charge in [-0.3, -0.25) is 4.90 Å². The number of rotatable bonds is 1. The van der Waals surface area contributed by atoms with E-state index in [1.54, 1.807) is 0 Å². The van der Waals surface area contributed by atoms with Gasteiger partial charge in [0.2, 0.25) is 0 Å². The molecule has 0 spiro atoms. The van der Waals surface area contributed by atoms with Gasteiger partial charge in [0.1, 0.15) is 0 Å². The Morgan fingerprint density at radius 1 is 1.75 bits per heavy atom. The Labute approximate surface area is 50.1 Å². The van der Waals surface area contributed by atoms with Crippen LogP contribution in [0.15, 0.2) is 0 Å². The van der Waals surface area contributed by atoms with Crippen molar-refractivity contribution in [3.8, 4) is 0 Å². The third-order valence-electron chi connectivity index (χ3n) is 1.87. The maximum atomic E-state index is 8.66. The highest BCUT2D eigenvalue weighted by molar-refractivity contribution is 4.71. The SMILES string of the molecule is CC1CCCN1CO. The molecule has 1 fully saturated rings. The molecular formula is C6H13NO. The minimum atomic E-state index is 0.237. The number of hydrogen-bond acceptors (Lipinski definition) is 2. The number of aliphatic hydroxyl groups excluding tert-OH is 1. The zero-order valence-corrected chi connectivity index (χ0v) is 5.30. The van der Waals surface area contributed by atoms with Gasteiger partial charge < -0.3 is 5.11 Å². The second-order valence-electron chi connectivity index (χ2n) is 2.45. The Balaban J connectivity index is 2.30. The molecule has 8 heavy (non-hydrogen) atoms. The maximum Gasteiger partial charge on any atom is 0.0958 e. The van der Waals surface area contributed by atoms with E-state index in [0.717, 1.165) is 6.54 Å². The van der Waals surface area contributed by atoms with Crippen LogP contribution in [0, 0.1) is 0 Å². The molecule has 1 N–H and O–H groups in total. The molecule has 1 atom stereocenters. The fourth-order valence-corrected chi connectivity index (χ4v) is 1.20. The van der Waals surface area contributed by atoms with Gasteiger partial charge in [0.05, 0.1) is 6.73 Å². The smallest absolute Gasteiger partial charge is 0.0958 e. The van der Waals surface area contributed by atoms with Gasteiger partial charge in [-0.05, 0) is 19.8 Å². The Bertz CT molecular complexity index is 74.9. The fourth-order valence-electron chi connectivity index (χ4n) is 1.20. The van der Waals surface area contributed by atoms with Gasteiger partial charge in [-0.15, -0.1) is 0 Å². The molecule has 0 aromatic heterocycles. The van der Waals surface area contributed by atoms with E-state index >= 15 is 0 Å². The van der Waals surface area contributed by atoms with Crippen molar-refractivity contribution in [2.45, 2.75) is 25.8 Å². The van der Waals surface area contributed by atoms with E-state index < -0.39 is 0 Å². The lowest BCUT2D eigenvalue weighted by molar-refractivity contribution is 0.103. The molecule has 1 aliphatic rings. The molecule has 1 rings (SSSR count). The van der Waals surface area contributed by atoms with Gasteiger partial charge >= 0.3 is 0 Å². The summed E-state index contributed by atoms with van der Waals surface area (Å²) in [5, 5.41) is 8.66. The summed E-state index contributed by atoms with van der Waals surface area (Å²) < 4.78 is 0. The van der Waals surface area contributed by atoms with Crippen molar-refractivity contribution in [3.05, 3.63) is 0 Å². The number of hydrogen-bond donors (Lipinski definition) is 1. The Kier molecular flexibility index (Phi) is 1.86. The molecule has 1 heterocycles. The summed E-state index contributed by atoms with van der Waals surface area (Å²) in [5.41, 5.74) is 0. The molecular weight excluding hydrogens is 102 g/mol. The van der Waals surface area contributed by atoms with E-state index in [0.29, 0.717) is 6.04 Å². The van der Waals surface area contributed by atoms with E-state index in [2.05, 4.69) is 11.8 Å². The standard InChI is InChI=1S/C6H13NO/c1-6-3-2-4-7(6)5-8/h6,8H,2-5H2,1H3. The quantitative estimate of drug-likeness (QED) is 0.535. The lowest BCUT2D eigenvalue weighted by Crippen LogP contribution is -2.27. The average molecular weight is 115 g/mol. The van der Waals surface area contributed by atoms with Crippen LogP contribution in [0.4, 0.5) is 0 Å². The van der Waals surface area contributed by atoms with Gasteiger partial charge in [0.25, 0.3) is 0 Å². The maximum absolute atomic E-state index is 8.66. The van der Waals surface area contributed by atoms with Crippen LogP contribution in [0.1, 0.15) is 19.8 Å². The molecule has 2 nitrogen and oxygen atoms in total. The first kappa shape index (κ1) is 6.05. The van der Waals surface area contributed by atoms with Crippen molar-refractivity contribution in [3.63, 3.8) is 0 Å². The van der Waals surface area contributed by atoms with Gasteiger partial charge in [0, 0.05) is 12.6 Å². The predicted octanol–water partition coefficient (Wildman–Crippen LogP) is 0.421. The highest BCUT2D eigenvalue weighted by atomic mass is 16.3. The molecule has 48 valence electrons. The zero-order valence-electron chi connectivity index (χ0n) is 5.30. The molecule has 0 aliphatic carbocycles. The van der Waals surface area contributed by atoms with E-state index in [9.17, 15) is 0 Å². The average Bonchev–Trinajstić information content (AvgIpc) is 2.14. The van der Waals surface area contributed by atoms with Crippen molar-refractivity contribution >= 4 is 0 Å². The van der Waals surface area contributed by atoms with Crippen molar-refractivity contribution in [1.29, 1.82) is 0 Å². The molecule has 1 unspecified atom stereocenters. The zero-order chi connectivity index (χ0) is 5.98. The first-order valence-electron chi connectivity index (χ1n) is 3.19. The minimum absolute atomic E-state index is 0.237. The number of likely N-dealkylation sites (tertiary alicyclic amines) is 1. The van der Waals surface area contributed by atoms with Crippen LogP contribution in [-0.2, 0) is 0 Å². The predicted molar refractivity (Wildman–Crippen MR) is 32.5 cm³/mol. The second kappa shape index (κ2) is 2.46. The van der Waals surface area contributed by atoms with E-state index in [1.165, 1.54) is 12.8 Å². The van der Waals surface area contributed by atoms with Crippen molar-refractivity contribution < 1.29 is 5.11 Å². The number of aliphatic hydroxyl groups is 1. The molecule has 2 heteroatoms. The largest absolute Gasteiger partial charge is 0.381 e. The fraction of sp³-hybridized carbons (Fsp3) is 1.00. The highest BCUT2D eigenvalue weighted by Gasteiger charge is 2.17. The summed E-state index contributed by atoms with van der Waals surface area (Å²) in [5.74, 6) is 0. The van der Waals surface area contributed by atoms with Crippen molar-refractivity contribution in [2.75, 3.05) is 13.3 Å². The van der Waals surface area contributed by atoms with E-state index in [-0.39, 0.29) is 6.73 Å². The Hall–Kier alpha value is -0.0800. The Morgan fingerprint density at radius 2 is 2.50 bits per heavy atom. The molecule has 0 aromatic carbocycles. The lowest BCUT2D eigenvalue weighted by Gasteiger charge is -2.16. The molecule has 1 aliphatic heterocycles. The number of nitrogens with zero attached hydrogens (tertiary/aromatic N) is 1. The molecule has 0 saturated carbocycles. The first-order valence-corrected chi connectivity index (χ1v) is 3.19. The van der Waals surface area contributed by atoms with Crippen LogP contribution >= 0.6 is 0 Å². The third kappa shape index (κ3) is 1.01. The van der Waals surface area contributed by atoms with Gasteiger partial charge in [-0.25, -0.2) is 0 Å². The molecule has 0 bridgehead atoms. The van der Waals surface area contributed by atoms with Crippen LogP contribution in [0.5, 0.6) is 0 Å². The molecule has 0 amide bonds. The van der Waals surface area contributed by atoms with Gasteiger partial charge in [-0.1, -0.05) is 0 Å². The monoisotopic (exact) mass is 115 g/mol. The lowest BCUT2D eigenvalue weighted by atomic mass is 10.2. The highest BCUT2D eigenvalue weighted by Crippen LogP contribution is 2.14. The summed E-state index contributed by atoms with van der Waals surface area (Å²) in [7, 11) is 0. The van der Waals surface area contributed by atoms with E-state index in [1.807, 2.05) is 0 Å². The summed E-state index contributed by atoms with van der Waals surface area (Å²) in [6.07, 6.45) is 2.50. The molecule has 0 radical (unpaired) electrons. The van der Waals surface area contributed by atoms with Crippen molar-refractivity contribution in [2.24, 2.45) is 0 Å². The summed E-state index contributed by atoms with van der Waals surface area (Å²) in [4.78, 5) is 2.08. The normalized spacial score (nSPS) is 31.5. The summed E-state index contributed by atoms with van der Waals surface area (Å²) in [6.45, 7) is 3.47. The topological polar surface area (TPSA) is 23.5 Å². The summed E-state index contributed by atoms with van der Waals surface area (Å²) >= 11 is 0.